The van der Waals surface area contributed by atoms with Crippen LogP contribution in [0.25, 0.3) is 10.9 Å². The maximum atomic E-state index is 14.2. The second-order valence-corrected chi connectivity index (χ2v) is 12.2. The number of nitrogens with one attached hydrogen (secondary N) is 1. The van der Waals surface area contributed by atoms with E-state index in [2.05, 4.69) is 53.5 Å². The molecule has 1 saturated carbocycles. The van der Waals surface area contributed by atoms with Crippen LogP contribution >= 0.6 is 0 Å². The minimum Gasteiger partial charge on any atom is -0.497 e. The van der Waals surface area contributed by atoms with Gasteiger partial charge in [0.25, 0.3) is 0 Å². The smallest absolute Gasteiger partial charge is 0.227 e. The van der Waals surface area contributed by atoms with Gasteiger partial charge in [-0.3, -0.25) is 4.79 Å². The molecule has 1 aliphatic carbocycles. The first-order valence-corrected chi connectivity index (χ1v) is 15.4. The van der Waals surface area contributed by atoms with Gasteiger partial charge in [0.2, 0.25) is 5.91 Å². The molecule has 6 nitrogen and oxygen atoms in total. The first-order chi connectivity index (χ1) is 21.5. The van der Waals surface area contributed by atoms with Crippen LogP contribution in [0.5, 0.6) is 11.5 Å². The lowest BCUT2D eigenvalue weighted by Gasteiger charge is -2.53. The molecule has 2 heterocycles. The molecule has 2 aliphatic rings. The molecule has 4 aromatic carbocycles. The molecule has 0 unspecified atom stereocenters. The Hall–Kier alpha value is -4.55. The predicted molar refractivity (Wildman–Crippen MR) is 172 cm³/mol. The monoisotopic (exact) mass is 586 g/mol. The topological polar surface area (TPSA) is 74.8 Å². The molecule has 0 radical (unpaired) electrons. The van der Waals surface area contributed by atoms with Gasteiger partial charge in [0.05, 0.1) is 26.2 Å². The number of fused-ring (bicyclic) bond motifs is 2. The number of H-pyrrole nitrogens is 1. The van der Waals surface area contributed by atoms with Crippen LogP contribution in [-0.4, -0.2) is 48.2 Å². The van der Waals surface area contributed by atoms with E-state index in [1.54, 1.807) is 14.2 Å². The lowest BCUT2D eigenvalue weighted by atomic mass is 9.52. The molecule has 6 heteroatoms. The summed E-state index contributed by atoms with van der Waals surface area (Å²) < 4.78 is 11.2. The van der Waals surface area contributed by atoms with Crippen LogP contribution in [0, 0.1) is 11.8 Å². The largest absolute Gasteiger partial charge is 0.497 e. The van der Waals surface area contributed by atoms with Crippen LogP contribution in [0.4, 0.5) is 0 Å². The molecule has 1 aromatic heterocycles. The van der Waals surface area contributed by atoms with E-state index in [1.807, 2.05) is 65.7 Å². The average molecular weight is 587 g/mol. The Morgan fingerprint density at radius 1 is 0.841 bits per heavy atom. The van der Waals surface area contributed by atoms with Crippen LogP contribution in [0.15, 0.2) is 109 Å². The fraction of sp³-hybridized carbons (Fsp3) is 0.289. The molecule has 0 bridgehead atoms. The number of nitrogens with zero attached hydrogens (tertiary/aromatic N) is 1. The van der Waals surface area contributed by atoms with Crippen molar-refractivity contribution in [2.45, 2.75) is 30.3 Å². The maximum absolute atomic E-state index is 14.2. The number of hydrogen-bond donors (Lipinski definition) is 2. The van der Waals surface area contributed by atoms with E-state index in [1.165, 1.54) is 11.1 Å². The standard InChI is InChI=1S/C38H38N2O4/c1-43-29-17-18-34-30(22-29)26(23-39-34)21-36(41)40-24-32-33(25-40)38(42,31-15-9-10-16-35(31)44-2)20-19-37(32,27-11-5-3-6-12-27)28-13-7-4-8-14-28/h3-18,22-23,32-33,39,42H,19-21,24-25H2,1-2H3/t32-,33+,38+/m0/s1. The number of methoxy groups -OCH3 is 2. The Bertz CT molecular complexity index is 1740. The van der Waals surface area contributed by atoms with Crippen molar-refractivity contribution in [1.29, 1.82) is 0 Å². The van der Waals surface area contributed by atoms with Gasteiger partial charge in [-0.2, -0.15) is 0 Å². The third-order valence-corrected chi connectivity index (χ3v) is 10.3. The van der Waals surface area contributed by atoms with Gasteiger partial charge in [-0.05, 0) is 59.7 Å². The van der Waals surface area contributed by atoms with Crippen molar-refractivity contribution < 1.29 is 19.4 Å². The second kappa shape index (κ2) is 11.2. The van der Waals surface area contributed by atoms with E-state index in [0.717, 1.165) is 34.2 Å². The number of aromatic amines is 1. The van der Waals surface area contributed by atoms with Gasteiger partial charge in [-0.25, -0.2) is 0 Å². The number of carbonyl (C=O) groups is 1. The number of rotatable bonds is 7. The lowest BCUT2D eigenvalue weighted by molar-refractivity contribution is -0.130. The molecule has 1 aliphatic heterocycles. The summed E-state index contributed by atoms with van der Waals surface area (Å²) in [6.07, 6.45) is 3.47. The van der Waals surface area contributed by atoms with Crippen molar-refractivity contribution in [3.8, 4) is 11.5 Å². The number of aromatic nitrogens is 1. The molecule has 1 amide bonds. The predicted octanol–water partition coefficient (Wildman–Crippen LogP) is 6.47. The van der Waals surface area contributed by atoms with Crippen LogP contribution in [0.2, 0.25) is 0 Å². The highest BCUT2D eigenvalue weighted by atomic mass is 16.5. The molecule has 44 heavy (non-hydrogen) atoms. The summed E-state index contributed by atoms with van der Waals surface area (Å²) in [6, 6.07) is 35.0. The number of aliphatic hydroxyl groups is 1. The summed E-state index contributed by atoms with van der Waals surface area (Å²) in [5.74, 6) is 1.26. The van der Waals surface area contributed by atoms with Crippen molar-refractivity contribution in [2.24, 2.45) is 11.8 Å². The quantitative estimate of drug-likeness (QED) is 0.229. The second-order valence-electron chi connectivity index (χ2n) is 12.2. The number of ether oxygens (including phenoxy) is 2. The number of para-hydroxylation sites is 1. The number of benzene rings is 4. The Kier molecular flexibility index (Phi) is 7.17. The van der Waals surface area contributed by atoms with Crippen LogP contribution in [0.1, 0.15) is 35.1 Å². The Labute approximate surface area is 258 Å². The zero-order chi connectivity index (χ0) is 30.3. The van der Waals surface area contributed by atoms with E-state index in [9.17, 15) is 9.90 Å². The zero-order valence-electron chi connectivity index (χ0n) is 25.2. The van der Waals surface area contributed by atoms with E-state index in [0.29, 0.717) is 25.3 Å². The molecular weight excluding hydrogens is 548 g/mol. The molecule has 224 valence electrons. The van der Waals surface area contributed by atoms with Gasteiger partial charge in [0.15, 0.2) is 0 Å². The summed E-state index contributed by atoms with van der Waals surface area (Å²) in [5.41, 5.74) is 3.63. The summed E-state index contributed by atoms with van der Waals surface area (Å²) in [4.78, 5) is 19.5. The van der Waals surface area contributed by atoms with Gasteiger partial charge in [0.1, 0.15) is 11.5 Å². The van der Waals surface area contributed by atoms with Crippen molar-refractivity contribution in [2.75, 3.05) is 27.3 Å². The van der Waals surface area contributed by atoms with E-state index in [-0.39, 0.29) is 29.6 Å². The Morgan fingerprint density at radius 3 is 2.18 bits per heavy atom. The minimum absolute atomic E-state index is 0.0250. The molecule has 7 rings (SSSR count). The average Bonchev–Trinajstić information content (AvgIpc) is 3.72. The highest BCUT2D eigenvalue weighted by molar-refractivity contribution is 5.90. The van der Waals surface area contributed by atoms with E-state index >= 15 is 0 Å². The van der Waals surface area contributed by atoms with Crippen LogP contribution in [0.3, 0.4) is 0 Å². The summed E-state index contributed by atoms with van der Waals surface area (Å²) in [7, 11) is 3.31. The van der Waals surface area contributed by atoms with Gasteiger partial charge in [-0.15, -0.1) is 0 Å². The highest BCUT2D eigenvalue weighted by Crippen LogP contribution is 2.60. The summed E-state index contributed by atoms with van der Waals surface area (Å²) >= 11 is 0. The molecule has 2 N–H and O–H groups in total. The van der Waals surface area contributed by atoms with Gasteiger partial charge >= 0.3 is 0 Å². The summed E-state index contributed by atoms with van der Waals surface area (Å²) in [6.45, 7) is 1.02. The molecule has 2 fully saturated rings. The van der Waals surface area contributed by atoms with Crippen molar-refractivity contribution in [3.63, 3.8) is 0 Å². The van der Waals surface area contributed by atoms with E-state index < -0.39 is 5.60 Å². The van der Waals surface area contributed by atoms with Crippen LogP contribution < -0.4 is 9.47 Å². The van der Waals surface area contributed by atoms with Gasteiger partial charge in [0, 0.05) is 47.1 Å². The molecule has 3 atom stereocenters. The molecule has 0 spiro atoms. The molecule has 1 saturated heterocycles. The molecular formula is C38H38N2O4. The third-order valence-electron chi connectivity index (χ3n) is 10.3. The number of carbonyl (C=O) groups excluding carboxylic acids is 1. The van der Waals surface area contributed by atoms with Crippen molar-refractivity contribution >= 4 is 16.8 Å². The molecule has 5 aromatic rings. The fourth-order valence-corrected chi connectivity index (χ4v) is 8.15. The normalized spacial score (nSPS) is 22.5. The van der Waals surface area contributed by atoms with Crippen LogP contribution in [-0.2, 0) is 22.2 Å². The van der Waals surface area contributed by atoms with Gasteiger partial charge in [-0.1, -0.05) is 78.9 Å². The third kappa shape index (κ3) is 4.47. The van der Waals surface area contributed by atoms with Gasteiger partial charge < -0.3 is 24.5 Å². The SMILES string of the molecule is COc1ccc2[nH]cc(CC(=O)N3C[C@@H]4[C@H](C3)C(c3ccccc3)(c3ccccc3)CC[C@@]4(O)c3ccccc3OC)c2c1. The minimum atomic E-state index is -1.16. The number of likely N-dealkylation sites (tertiary alicyclic amines) is 1. The first kappa shape index (κ1) is 28.2. The Balaban J connectivity index is 1.32. The van der Waals surface area contributed by atoms with Crippen molar-refractivity contribution in [3.05, 3.63) is 132 Å². The number of hydrogen-bond acceptors (Lipinski definition) is 4. The number of amides is 1. The summed E-state index contributed by atoms with van der Waals surface area (Å²) in [5, 5.41) is 13.8. The lowest BCUT2D eigenvalue weighted by Crippen LogP contribution is -2.53. The Morgan fingerprint density at radius 2 is 1.50 bits per heavy atom. The zero-order valence-corrected chi connectivity index (χ0v) is 25.2. The first-order valence-electron chi connectivity index (χ1n) is 15.4. The van der Waals surface area contributed by atoms with Crippen molar-refractivity contribution in [1.82, 2.24) is 9.88 Å². The van der Waals surface area contributed by atoms with E-state index in [4.69, 9.17) is 9.47 Å². The fourth-order valence-electron chi connectivity index (χ4n) is 8.15. The maximum Gasteiger partial charge on any atom is 0.227 e. The highest BCUT2D eigenvalue weighted by Gasteiger charge is 2.61.